The van der Waals surface area contributed by atoms with Crippen molar-refractivity contribution < 1.29 is 19.1 Å². The average Bonchev–Trinajstić information content (AvgIpc) is 2.38. The quantitative estimate of drug-likeness (QED) is 0.796. The van der Waals surface area contributed by atoms with E-state index in [0.717, 1.165) is 0 Å². The smallest absolute Gasteiger partial charge is 0.337 e. The number of hydrogen-bond acceptors (Lipinski definition) is 3. The van der Waals surface area contributed by atoms with Crippen LogP contribution in [-0.2, 0) is 0 Å². The Morgan fingerprint density at radius 2 is 2.00 bits per heavy atom. The highest BCUT2D eigenvalue weighted by Gasteiger charge is 2.12. The molecule has 0 spiro atoms. The van der Waals surface area contributed by atoms with Crippen LogP contribution in [0.15, 0.2) is 36.7 Å². The molecule has 0 atom stereocenters. The summed E-state index contributed by atoms with van der Waals surface area (Å²) in [6.07, 6.45) is 2.51. The van der Waals surface area contributed by atoms with Crippen molar-refractivity contribution in [3.8, 4) is 0 Å². The molecule has 1 amide bonds. The summed E-state index contributed by atoms with van der Waals surface area (Å²) in [5.41, 5.74) is 0.527. The summed E-state index contributed by atoms with van der Waals surface area (Å²) in [6.45, 7) is 0. The zero-order valence-electron chi connectivity index (χ0n) is 9.93. The number of aromatic nitrogens is 1. The number of pyridine rings is 1. The fourth-order valence-corrected chi connectivity index (χ4v) is 2.22. The van der Waals surface area contributed by atoms with E-state index >= 15 is 0 Å². The van der Waals surface area contributed by atoms with Crippen LogP contribution in [0.1, 0.15) is 20.7 Å². The first-order chi connectivity index (χ1) is 9.47. The predicted octanol–water partition coefficient (Wildman–Crippen LogP) is 2.78. The summed E-state index contributed by atoms with van der Waals surface area (Å²) in [4.78, 5) is 26.6. The Kier molecular flexibility index (Phi) is 4.28. The van der Waals surface area contributed by atoms with Gasteiger partial charge in [0.2, 0.25) is 0 Å². The third-order valence-electron chi connectivity index (χ3n) is 2.42. The zero-order chi connectivity index (χ0) is 14.7. The summed E-state index contributed by atoms with van der Waals surface area (Å²) in [7, 11) is 0. The first-order valence-corrected chi connectivity index (χ1v) is 6.50. The van der Waals surface area contributed by atoms with E-state index in [0.29, 0.717) is 9.13 Å². The third kappa shape index (κ3) is 3.29. The van der Waals surface area contributed by atoms with Gasteiger partial charge in [0, 0.05) is 9.77 Å². The van der Waals surface area contributed by atoms with Crippen molar-refractivity contribution in [3.05, 3.63) is 57.2 Å². The summed E-state index contributed by atoms with van der Waals surface area (Å²) < 4.78 is 13.4. The molecule has 0 aliphatic carbocycles. The van der Waals surface area contributed by atoms with Gasteiger partial charge in [-0.25, -0.2) is 9.18 Å². The molecule has 20 heavy (non-hydrogen) atoms. The molecule has 7 heteroatoms. The lowest BCUT2D eigenvalue weighted by molar-refractivity contribution is 0.0696. The van der Waals surface area contributed by atoms with Crippen LogP contribution in [-0.4, -0.2) is 22.0 Å². The molecule has 2 aromatic rings. The van der Waals surface area contributed by atoms with Crippen molar-refractivity contribution in [3.63, 3.8) is 0 Å². The lowest BCUT2D eigenvalue weighted by atomic mass is 10.2. The molecular formula is C13H8FIN2O3. The first-order valence-electron chi connectivity index (χ1n) is 5.42. The number of nitrogens with one attached hydrogen (secondary N) is 1. The summed E-state index contributed by atoms with van der Waals surface area (Å²) >= 11 is 1.85. The van der Waals surface area contributed by atoms with Gasteiger partial charge in [0.05, 0.1) is 23.0 Å². The van der Waals surface area contributed by atoms with Gasteiger partial charge in [0.25, 0.3) is 5.91 Å². The second-order valence-electron chi connectivity index (χ2n) is 3.85. The Labute approximate surface area is 127 Å². The molecule has 0 saturated heterocycles. The Hall–Kier alpha value is -2.03. The maximum absolute atomic E-state index is 13.0. The minimum atomic E-state index is -1.13. The lowest BCUT2D eigenvalue weighted by Crippen LogP contribution is -2.14. The number of hydrogen-bond donors (Lipinski definition) is 2. The molecule has 0 unspecified atom stereocenters. The standard InChI is InChI=1S/C13H8FIN2O3/c14-8-1-2-10(11(15)4-8)12(18)17-9-3-7(13(19)20)5-16-6-9/h1-6H,(H,17,18)(H,19,20). The van der Waals surface area contributed by atoms with Gasteiger partial charge in [0.1, 0.15) is 5.82 Å². The number of anilines is 1. The predicted molar refractivity (Wildman–Crippen MR) is 78.3 cm³/mol. The van der Waals surface area contributed by atoms with Gasteiger partial charge in [0.15, 0.2) is 0 Å². The van der Waals surface area contributed by atoms with Crippen molar-refractivity contribution in [1.29, 1.82) is 0 Å². The number of carbonyl (C=O) groups is 2. The minimum Gasteiger partial charge on any atom is -0.478 e. The highest BCUT2D eigenvalue weighted by molar-refractivity contribution is 14.1. The highest BCUT2D eigenvalue weighted by Crippen LogP contribution is 2.16. The number of amides is 1. The molecule has 0 radical (unpaired) electrons. The second kappa shape index (κ2) is 5.95. The van der Waals surface area contributed by atoms with Gasteiger partial charge < -0.3 is 10.4 Å². The van der Waals surface area contributed by atoms with E-state index < -0.39 is 17.7 Å². The van der Waals surface area contributed by atoms with Crippen molar-refractivity contribution in [2.75, 3.05) is 5.32 Å². The van der Waals surface area contributed by atoms with E-state index in [4.69, 9.17) is 5.11 Å². The van der Waals surface area contributed by atoms with E-state index in [-0.39, 0.29) is 11.3 Å². The molecule has 0 aliphatic heterocycles. The Morgan fingerprint density at radius 1 is 1.25 bits per heavy atom. The van der Waals surface area contributed by atoms with Crippen molar-refractivity contribution in [1.82, 2.24) is 4.98 Å². The van der Waals surface area contributed by atoms with Gasteiger partial charge in [-0.05, 0) is 46.9 Å². The maximum Gasteiger partial charge on any atom is 0.337 e. The fraction of sp³-hybridized carbons (Fsp3) is 0. The lowest BCUT2D eigenvalue weighted by Gasteiger charge is -2.07. The van der Waals surface area contributed by atoms with Gasteiger partial charge in [-0.15, -0.1) is 0 Å². The van der Waals surface area contributed by atoms with E-state index in [1.165, 1.54) is 36.7 Å². The number of carboxylic acids is 1. The molecule has 0 aliphatic rings. The van der Waals surface area contributed by atoms with Gasteiger partial charge >= 0.3 is 5.97 Å². The van der Waals surface area contributed by atoms with E-state index in [9.17, 15) is 14.0 Å². The normalized spacial score (nSPS) is 10.1. The van der Waals surface area contributed by atoms with Gasteiger partial charge in [-0.2, -0.15) is 0 Å². The van der Waals surface area contributed by atoms with Crippen LogP contribution in [0.2, 0.25) is 0 Å². The van der Waals surface area contributed by atoms with Crippen LogP contribution in [0.3, 0.4) is 0 Å². The first kappa shape index (κ1) is 14.4. The van der Waals surface area contributed by atoms with E-state index in [2.05, 4.69) is 10.3 Å². The number of nitrogens with zero attached hydrogens (tertiary/aromatic N) is 1. The molecule has 2 rings (SSSR count). The van der Waals surface area contributed by atoms with Crippen molar-refractivity contribution in [2.24, 2.45) is 0 Å². The Balaban J connectivity index is 2.23. The third-order valence-corrected chi connectivity index (χ3v) is 3.31. The minimum absolute atomic E-state index is 0.0309. The van der Waals surface area contributed by atoms with Crippen LogP contribution in [0.25, 0.3) is 0 Å². The molecular weight excluding hydrogens is 378 g/mol. The summed E-state index contributed by atoms with van der Waals surface area (Å²) in [5, 5.41) is 11.4. The Morgan fingerprint density at radius 3 is 2.65 bits per heavy atom. The van der Waals surface area contributed by atoms with Crippen LogP contribution < -0.4 is 5.32 Å². The molecule has 2 N–H and O–H groups in total. The van der Waals surface area contributed by atoms with Gasteiger partial charge in [-0.1, -0.05) is 0 Å². The SMILES string of the molecule is O=C(O)c1cncc(NC(=O)c2ccc(F)cc2I)c1. The summed E-state index contributed by atoms with van der Waals surface area (Å²) in [5.74, 6) is -2.02. The number of aromatic carboxylic acids is 1. The number of carbonyl (C=O) groups excluding carboxylic acids is 1. The number of rotatable bonds is 3. The number of benzene rings is 1. The van der Waals surface area contributed by atoms with Crippen molar-refractivity contribution in [2.45, 2.75) is 0 Å². The molecule has 1 aromatic carbocycles. The number of carboxylic acid groups (broad SMARTS) is 1. The maximum atomic E-state index is 13.0. The fourth-order valence-electron chi connectivity index (χ4n) is 1.50. The molecule has 1 heterocycles. The van der Waals surface area contributed by atoms with Crippen LogP contribution >= 0.6 is 22.6 Å². The average molecular weight is 386 g/mol. The second-order valence-corrected chi connectivity index (χ2v) is 5.01. The molecule has 0 saturated carbocycles. The molecule has 102 valence electrons. The highest BCUT2D eigenvalue weighted by atomic mass is 127. The van der Waals surface area contributed by atoms with E-state index in [1.807, 2.05) is 22.6 Å². The molecule has 1 aromatic heterocycles. The zero-order valence-corrected chi connectivity index (χ0v) is 12.1. The van der Waals surface area contributed by atoms with Crippen LogP contribution in [0.4, 0.5) is 10.1 Å². The van der Waals surface area contributed by atoms with Crippen LogP contribution in [0, 0.1) is 9.39 Å². The number of halogens is 2. The summed E-state index contributed by atoms with van der Waals surface area (Å²) in [6, 6.07) is 5.08. The Bertz CT molecular complexity index is 691. The topological polar surface area (TPSA) is 79.3 Å². The monoisotopic (exact) mass is 386 g/mol. The van der Waals surface area contributed by atoms with Crippen molar-refractivity contribution >= 4 is 40.2 Å². The van der Waals surface area contributed by atoms with Crippen LogP contribution in [0.5, 0.6) is 0 Å². The molecule has 0 fully saturated rings. The van der Waals surface area contributed by atoms with E-state index in [1.54, 1.807) is 0 Å². The van der Waals surface area contributed by atoms with Gasteiger partial charge in [-0.3, -0.25) is 9.78 Å². The largest absolute Gasteiger partial charge is 0.478 e. The molecule has 5 nitrogen and oxygen atoms in total. The molecule has 0 bridgehead atoms.